The van der Waals surface area contributed by atoms with Crippen LogP contribution < -0.4 is 4.90 Å². The van der Waals surface area contributed by atoms with Crippen molar-refractivity contribution in [2.45, 2.75) is 32.3 Å². The number of ether oxygens (including phenoxy) is 1. The molecule has 2 aliphatic heterocycles. The third-order valence-corrected chi connectivity index (χ3v) is 5.71. The van der Waals surface area contributed by atoms with E-state index in [1.807, 2.05) is 4.90 Å². The second-order valence-electron chi connectivity index (χ2n) is 7.90. The van der Waals surface area contributed by atoms with Crippen LogP contribution >= 0.6 is 0 Å². The molecule has 0 spiro atoms. The van der Waals surface area contributed by atoms with E-state index in [-0.39, 0.29) is 50.2 Å². The van der Waals surface area contributed by atoms with Gasteiger partial charge in [0.1, 0.15) is 12.4 Å². The summed E-state index contributed by atoms with van der Waals surface area (Å²) in [7, 11) is 1.53. The summed E-state index contributed by atoms with van der Waals surface area (Å²) in [6.45, 7) is 1.99. The van der Waals surface area contributed by atoms with Crippen LogP contribution in [0.4, 0.5) is 10.3 Å². The SMILES string of the molecule is COCc1cccc(-c2cnc(N3CCC(=NOCCN4C(=O)CCC4=O)CC3)nc2)c1F. The molecular weight excluding hydrogens is 429 g/mol. The lowest BCUT2D eigenvalue weighted by molar-refractivity contribution is -0.139. The summed E-state index contributed by atoms with van der Waals surface area (Å²) in [5, 5.41) is 4.16. The molecule has 0 N–H and O–H groups in total. The first-order valence-corrected chi connectivity index (χ1v) is 10.9. The number of carbonyl (C=O) groups is 2. The van der Waals surface area contributed by atoms with Crippen molar-refractivity contribution >= 4 is 23.5 Å². The van der Waals surface area contributed by atoms with Gasteiger partial charge in [0.2, 0.25) is 17.8 Å². The predicted octanol–water partition coefficient (Wildman–Crippen LogP) is 2.55. The molecule has 10 heteroatoms. The second-order valence-corrected chi connectivity index (χ2v) is 7.90. The number of carbonyl (C=O) groups excluding carboxylic acids is 2. The summed E-state index contributed by atoms with van der Waals surface area (Å²) < 4.78 is 19.7. The quantitative estimate of drug-likeness (QED) is 0.343. The van der Waals surface area contributed by atoms with Crippen LogP contribution in [0.1, 0.15) is 31.2 Å². The first kappa shape index (κ1) is 22.8. The molecule has 174 valence electrons. The Kier molecular flexibility index (Phi) is 7.23. The molecule has 0 atom stereocenters. The van der Waals surface area contributed by atoms with E-state index in [9.17, 15) is 14.0 Å². The van der Waals surface area contributed by atoms with Gasteiger partial charge in [0, 0.05) is 75.0 Å². The third kappa shape index (κ3) is 5.33. The van der Waals surface area contributed by atoms with Crippen molar-refractivity contribution < 1.29 is 23.6 Å². The van der Waals surface area contributed by atoms with Crippen LogP contribution in [-0.4, -0.2) is 65.7 Å². The summed E-state index contributed by atoms with van der Waals surface area (Å²) in [6.07, 6.45) is 5.21. The van der Waals surface area contributed by atoms with E-state index in [1.54, 1.807) is 30.6 Å². The zero-order chi connectivity index (χ0) is 23.2. The maximum absolute atomic E-state index is 14.7. The molecule has 0 aliphatic carbocycles. The Balaban J connectivity index is 1.28. The molecule has 2 amide bonds. The largest absolute Gasteiger partial charge is 0.394 e. The second kappa shape index (κ2) is 10.5. The zero-order valence-corrected chi connectivity index (χ0v) is 18.5. The monoisotopic (exact) mass is 455 g/mol. The smallest absolute Gasteiger partial charge is 0.229 e. The number of anilines is 1. The lowest BCUT2D eigenvalue weighted by atomic mass is 10.1. The molecule has 33 heavy (non-hydrogen) atoms. The van der Waals surface area contributed by atoms with Gasteiger partial charge < -0.3 is 14.5 Å². The Morgan fingerprint density at radius 3 is 2.42 bits per heavy atom. The summed E-state index contributed by atoms with van der Waals surface area (Å²) >= 11 is 0. The van der Waals surface area contributed by atoms with Gasteiger partial charge in [0.05, 0.1) is 18.9 Å². The van der Waals surface area contributed by atoms with Gasteiger partial charge in [-0.2, -0.15) is 0 Å². The number of hydrogen-bond donors (Lipinski definition) is 0. The number of benzene rings is 1. The normalized spacial score (nSPS) is 16.5. The highest BCUT2D eigenvalue weighted by Gasteiger charge is 2.28. The van der Waals surface area contributed by atoms with E-state index >= 15 is 0 Å². The summed E-state index contributed by atoms with van der Waals surface area (Å²) in [6, 6.07) is 5.18. The first-order chi connectivity index (χ1) is 16.1. The Morgan fingerprint density at radius 2 is 1.76 bits per heavy atom. The van der Waals surface area contributed by atoms with E-state index in [4.69, 9.17) is 9.57 Å². The Hall–Kier alpha value is -3.40. The van der Waals surface area contributed by atoms with E-state index in [0.29, 0.717) is 48.6 Å². The fraction of sp³-hybridized carbons (Fsp3) is 0.435. The van der Waals surface area contributed by atoms with Crippen molar-refractivity contribution in [2.24, 2.45) is 5.16 Å². The minimum Gasteiger partial charge on any atom is -0.394 e. The fourth-order valence-corrected chi connectivity index (χ4v) is 3.89. The molecule has 3 heterocycles. The average Bonchev–Trinajstić information content (AvgIpc) is 3.16. The van der Waals surface area contributed by atoms with Gasteiger partial charge in [-0.15, -0.1) is 0 Å². The highest BCUT2D eigenvalue weighted by atomic mass is 19.1. The van der Waals surface area contributed by atoms with Crippen molar-refractivity contribution in [3.63, 3.8) is 0 Å². The number of methoxy groups -OCH3 is 1. The number of nitrogens with zero attached hydrogens (tertiary/aromatic N) is 5. The highest BCUT2D eigenvalue weighted by Crippen LogP contribution is 2.25. The number of likely N-dealkylation sites (tertiary alicyclic amines) is 1. The van der Waals surface area contributed by atoms with Crippen molar-refractivity contribution in [2.75, 3.05) is 38.3 Å². The molecule has 9 nitrogen and oxygen atoms in total. The number of oxime groups is 1. The molecular formula is C23H26FN5O4. The van der Waals surface area contributed by atoms with Gasteiger partial charge in [-0.05, 0) is 0 Å². The van der Waals surface area contributed by atoms with E-state index in [1.165, 1.54) is 12.0 Å². The van der Waals surface area contributed by atoms with Gasteiger partial charge in [-0.3, -0.25) is 14.5 Å². The molecule has 2 aliphatic rings. The number of amides is 2. The molecule has 2 aromatic rings. The Bertz CT molecular complexity index is 1020. The average molecular weight is 455 g/mol. The minimum absolute atomic E-state index is 0.152. The molecule has 0 unspecified atom stereocenters. The van der Waals surface area contributed by atoms with Gasteiger partial charge >= 0.3 is 0 Å². The number of hydrogen-bond acceptors (Lipinski definition) is 8. The molecule has 1 aromatic carbocycles. The van der Waals surface area contributed by atoms with Gasteiger partial charge in [0.15, 0.2) is 0 Å². The zero-order valence-electron chi connectivity index (χ0n) is 18.5. The molecule has 1 aromatic heterocycles. The third-order valence-electron chi connectivity index (χ3n) is 5.71. The molecule has 0 saturated carbocycles. The number of piperidine rings is 1. The molecule has 0 radical (unpaired) electrons. The number of halogens is 1. The van der Waals surface area contributed by atoms with E-state index < -0.39 is 0 Å². The van der Waals surface area contributed by atoms with Crippen LogP contribution in [0.2, 0.25) is 0 Å². The summed E-state index contributed by atoms with van der Waals surface area (Å²) in [4.78, 5) is 40.6. The van der Waals surface area contributed by atoms with Gasteiger partial charge in [0.25, 0.3) is 0 Å². The minimum atomic E-state index is -0.326. The van der Waals surface area contributed by atoms with Crippen LogP contribution in [0.25, 0.3) is 11.1 Å². The number of imide groups is 1. The maximum atomic E-state index is 14.7. The van der Waals surface area contributed by atoms with Crippen LogP contribution in [0, 0.1) is 5.82 Å². The standard InChI is InChI=1S/C23H26FN5O4/c1-32-15-16-3-2-4-19(22(16)24)17-13-25-23(26-14-17)28-9-7-18(8-10-28)27-33-12-11-29-20(30)5-6-21(29)31/h2-4,13-14H,5-12,15H2,1H3. The van der Waals surface area contributed by atoms with Crippen LogP contribution in [-0.2, 0) is 25.8 Å². The molecule has 2 saturated heterocycles. The maximum Gasteiger partial charge on any atom is 0.229 e. The Labute approximate surface area is 191 Å². The van der Waals surface area contributed by atoms with Crippen LogP contribution in [0.3, 0.4) is 0 Å². The van der Waals surface area contributed by atoms with Crippen molar-refractivity contribution in [1.82, 2.24) is 14.9 Å². The number of rotatable bonds is 8. The summed E-state index contributed by atoms with van der Waals surface area (Å²) in [5.41, 5.74) is 2.46. The lowest BCUT2D eigenvalue weighted by Gasteiger charge is -2.27. The van der Waals surface area contributed by atoms with E-state index in [0.717, 1.165) is 5.71 Å². The van der Waals surface area contributed by atoms with E-state index in [2.05, 4.69) is 15.1 Å². The van der Waals surface area contributed by atoms with Crippen molar-refractivity contribution in [3.8, 4) is 11.1 Å². The molecule has 0 bridgehead atoms. The van der Waals surface area contributed by atoms with Crippen molar-refractivity contribution in [3.05, 3.63) is 42.0 Å². The highest BCUT2D eigenvalue weighted by molar-refractivity contribution is 6.01. The predicted molar refractivity (Wildman–Crippen MR) is 119 cm³/mol. The Morgan fingerprint density at radius 1 is 1.06 bits per heavy atom. The van der Waals surface area contributed by atoms with Crippen LogP contribution in [0.5, 0.6) is 0 Å². The lowest BCUT2D eigenvalue weighted by Crippen LogP contribution is -2.35. The van der Waals surface area contributed by atoms with Crippen molar-refractivity contribution in [1.29, 1.82) is 0 Å². The summed E-state index contributed by atoms with van der Waals surface area (Å²) in [5.74, 6) is -0.0479. The fourth-order valence-electron chi connectivity index (χ4n) is 3.89. The van der Waals surface area contributed by atoms with Crippen LogP contribution in [0.15, 0.2) is 35.7 Å². The van der Waals surface area contributed by atoms with Gasteiger partial charge in [-0.1, -0.05) is 23.4 Å². The van der Waals surface area contributed by atoms with Gasteiger partial charge in [-0.25, -0.2) is 14.4 Å². The molecule has 2 fully saturated rings. The first-order valence-electron chi connectivity index (χ1n) is 10.9. The number of aromatic nitrogens is 2. The molecule has 4 rings (SSSR count). The topological polar surface area (TPSA) is 97.2 Å².